The molecule has 0 radical (unpaired) electrons. The first-order valence-corrected chi connectivity index (χ1v) is 18.1. The highest BCUT2D eigenvalue weighted by molar-refractivity contribution is 7.89. The summed E-state index contributed by atoms with van der Waals surface area (Å²) in [6.45, 7) is 13.5. The molecule has 6 atom stereocenters. The Balaban J connectivity index is 1.50. The number of Topliss-reactive ketones (excluding diaryl/α,β-unsaturated/α-hetero) is 1. The molecule has 2 saturated carbocycles. The molecular formula is C34H52N6O7S. The van der Waals surface area contributed by atoms with Gasteiger partial charge in [0.05, 0.1) is 10.9 Å². The largest absolute Gasteiger partial charge is 0.363 e. The number of carbonyl (C=O) groups excluding carboxylic acids is 5. The van der Waals surface area contributed by atoms with Gasteiger partial charge in [0.1, 0.15) is 12.1 Å². The lowest BCUT2D eigenvalue weighted by Crippen LogP contribution is -2.62. The van der Waals surface area contributed by atoms with Crippen molar-refractivity contribution in [2.24, 2.45) is 40.2 Å². The zero-order valence-electron chi connectivity index (χ0n) is 29.3. The summed E-state index contributed by atoms with van der Waals surface area (Å²) in [4.78, 5) is 67.7. The highest BCUT2D eigenvalue weighted by atomic mass is 32.2. The molecule has 48 heavy (non-hydrogen) atoms. The molecule has 14 heteroatoms. The second-order valence-electron chi connectivity index (χ2n) is 15.7. The number of piperidine rings is 1. The standard InChI is InChI=1S/C34H52N6O7S/c1-19(2)24(18-39(8)48(46,47)21-12-10-9-11-13-21)37-32(45)38-28(33(3,4)5)31(44)40-17-22-25(34(22,6)7)26(40)30(43)36-23(16-20-14-15-20)27(41)29(35)42/h9-13,19-20,22-26,28H,14-18H2,1-8H3,(H2,35,42)(H,36,43)(H2,37,38,45)/t22-,23?,24-,25-,26-,28+/m0/s1. The van der Waals surface area contributed by atoms with E-state index >= 15 is 0 Å². The third-order valence-corrected chi connectivity index (χ3v) is 12.2. The van der Waals surface area contributed by atoms with Gasteiger partial charge in [-0.2, -0.15) is 4.31 Å². The van der Waals surface area contributed by atoms with Crippen LogP contribution in [0.15, 0.2) is 35.2 Å². The van der Waals surface area contributed by atoms with Gasteiger partial charge in [-0.25, -0.2) is 13.2 Å². The Hall–Kier alpha value is -3.52. The normalized spacial score (nSPS) is 23.5. The summed E-state index contributed by atoms with van der Waals surface area (Å²) in [7, 11) is -2.35. The Morgan fingerprint density at radius 1 is 1.02 bits per heavy atom. The maximum absolute atomic E-state index is 14.3. The number of likely N-dealkylation sites (N-methyl/N-ethyl adjacent to an activating group) is 1. The van der Waals surface area contributed by atoms with Gasteiger partial charge in [0.15, 0.2) is 0 Å². The lowest BCUT2D eigenvalue weighted by Gasteiger charge is -2.38. The topological polar surface area (TPSA) is 188 Å². The summed E-state index contributed by atoms with van der Waals surface area (Å²) in [5, 5.41) is 8.45. The summed E-state index contributed by atoms with van der Waals surface area (Å²) in [6.07, 6.45) is 2.13. The van der Waals surface area contributed by atoms with Gasteiger partial charge in [-0.1, -0.05) is 79.5 Å². The van der Waals surface area contributed by atoms with Gasteiger partial charge in [0, 0.05) is 26.2 Å². The molecule has 1 aromatic carbocycles. The van der Waals surface area contributed by atoms with Crippen LogP contribution in [0.4, 0.5) is 4.79 Å². The Morgan fingerprint density at radius 3 is 2.15 bits per heavy atom. The number of nitrogens with two attached hydrogens (primary N) is 1. The minimum atomic E-state index is -3.81. The number of benzene rings is 1. The molecule has 266 valence electrons. The molecule has 13 nitrogen and oxygen atoms in total. The van der Waals surface area contributed by atoms with Crippen molar-refractivity contribution in [3.8, 4) is 0 Å². The number of fused-ring (bicyclic) bond motifs is 1. The number of hydrogen-bond acceptors (Lipinski definition) is 7. The minimum Gasteiger partial charge on any atom is -0.363 e. The summed E-state index contributed by atoms with van der Waals surface area (Å²) in [5.74, 6) is -2.96. The third-order valence-electron chi connectivity index (χ3n) is 10.3. The van der Waals surface area contributed by atoms with Crippen molar-refractivity contribution in [1.82, 2.24) is 25.2 Å². The van der Waals surface area contributed by atoms with E-state index in [0.29, 0.717) is 13.0 Å². The Morgan fingerprint density at radius 2 is 1.62 bits per heavy atom. The predicted octanol–water partition coefficient (Wildman–Crippen LogP) is 1.87. The number of urea groups is 1. The molecule has 1 heterocycles. The number of nitrogens with one attached hydrogen (secondary N) is 3. The average molecular weight is 689 g/mol. The number of sulfonamides is 1. The quantitative estimate of drug-likeness (QED) is 0.215. The molecule has 1 aliphatic heterocycles. The third kappa shape index (κ3) is 8.02. The summed E-state index contributed by atoms with van der Waals surface area (Å²) >= 11 is 0. The van der Waals surface area contributed by atoms with Crippen LogP contribution in [0.3, 0.4) is 0 Å². The van der Waals surface area contributed by atoms with Crippen LogP contribution in [-0.2, 0) is 29.2 Å². The number of primary amides is 1. The number of carbonyl (C=O) groups is 5. The molecule has 2 aliphatic carbocycles. The van der Waals surface area contributed by atoms with Gasteiger partial charge < -0.3 is 26.6 Å². The number of ketones is 1. The summed E-state index contributed by atoms with van der Waals surface area (Å²) < 4.78 is 27.5. The first kappa shape index (κ1) is 37.3. The van der Waals surface area contributed by atoms with Gasteiger partial charge >= 0.3 is 6.03 Å². The molecule has 1 unspecified atom stereocenters. The van der Waals surface area contributed by atoms with Crippen molar-refractivity contribution in [2.75, 3.05) is 20.1 Å². The van der Waals surface area contributed by atoms with Crippen LogP contribution in [0.2, 0.25) is 0 Å². The van der Waals surface area contributed by atoms with Crippen LogP contribution in [0.25, 0.3) is 0 Å². The van der Waals surface area contributed by atoms with Gasteiger partial charge in [-0.3, -0.25) is 19.2 Å². The van der Waals surface area contributed by atoms with Crippen LogP contribution >= 0.6 is 0 Å². The molecule has 1 saturated heterocycles. The predicted molar refractivity (Wildman–Crippen MR) is 180 cm³/mol. The molecular weight excluding hydrogens is 636 g/mol. The van der Waals surface area contributed by atoms with Gasteiger partial charge in [-0.15, -0.1) is 0 Å². The van der Waals surface area contributed by atoms with Crippen molar-refractivity contribution in [3.63, 3.8) is 0 Å². The van der Waals surface area contributed by atoms with E-state index in [9.17, 15) is 32.4 Å². The van der Waals surface area contributed by atoms with Crippen LogP contribution in [0, 0.1) is 34.5 Å². The van der Waals surface area contributed by atoms with E-state index in [4.69, 9.17) is 5.73 Å². The first-order valence-electron chi connectivity index (χ1n) is 16.7. The second-order valence-corrected chi connectivity index (χ2v) is 17.8. The molecule has 0 spiro atoms. The van der Waals surface area contributed by atoms with Crippen molar-refractivity contribution in [3.05, 3.63) is 30.3 Å². The molecule has 5 N–H and O–H groups in total. The number of nitrogens with zero attached hydrogens (tertiary/aromatic N) is 2. The molecule has 1 aromatic rings. The summed E-state index contributed by atoms with van der Waals surface area (Å²) in [5.41, 5.74) is 4.31. The monoisotopic (exact) mass is 688 g/mol. The van der Waals surface area contributed by atoms with Crippen molar-refractivity contribution >= 4 is 39.6 Å². The molecule has 3 fully saturated rings. The lowest BCUT2D eigenvalue weighted by molar-refractivity contribution is -0.145. The average Bonchev–Trinajstić information content (AvgIpc) is 3.85. The maximum atomic E-state index is 14.3. The van der Waals surface area contributed by atoms with E-state index in [2.05, 4.69) is 16.0 Å². The SMILES string of the molecule is CC(C)[C@H](CN(C)S(=O)(=O)c1ccccc1)NC(=O)N[C@H](C(=O)N1C[C@H]2[C@@H]([C@H]1C(=O)NC(CC1CC1)C(=O)C(N)=O)C2(C)C)C(C)(C)C. The van der Waals surface area contributed by atoms with E-state index in [1.807, 2.05) is 48.5 Å². The number of amides is 5. The second kappa shape index (κ2) is 13.8. The van der Waals surface area contributed by atoms with E-state index in [0.717, 1.165) is 12.8 Å². The molecule has 4 rings (SSSR count). The van der Waals surface area contributed by atoms with Crippen LogP contribution in [0.5, 0.6) is 0 Å². The minimum absolute atomic E-state index is 0.00466. The van der Waals surface area contributed by atoms with Gasteiger partial charge in [0.25, 0.3) is 5.91 Å². The van der Waals surface area contributed by atoms with Crippen LogP contribution in [0.1, 0.15) is 67.7 Å². The van der Waals surface area contributed by atoms with Crippen molar-refractivity contribution in [2.45, 2.75) is 96.8 Å². The number of hydrogen-bond donors (Lipinski definition) is 4. The number of rotatable bonds is 14. The van der Waals surface area contributed by atoms with Crippen molar-refractivity contribution in [1.29, 1.82) is 0 Å². The van der Waals surface area contributed by atoms with Crippen LogP contribution in [-0.4, -0.2) is 91.5 Å². The van der Waals surface area contributed by atoms with Gasteiger partial charge in [-0.05, 0) is 53.1 Å². The number of likely N-dealkylation sites (tertiary alicyclic amines) is 1. The van der Waals surface area contributed by atoms with E-state index < -0.39 is 69.1 Å². The smallest absolute Gasteiger partial charge is 0.315 e. The highest BCUT2D eigenvalue weighted by Gasteiger charge is 2.70. The van der Waals surface area contributed by atoms with E-state index in [-0.39, 0.29) is 40.5 Å². The van der Waals surface area contributed by atoms with Gasteiger partial charge in [0.2, 0.25) is 27.6 Å². The van der Waals surface area contributed by atoms with E-state index in [1.54, 1.807) is 18.2 Å². The zero-order valence-corrected chi connectivity index (χ0v) is 30.1. The Labute approximate surface area is 284 Å². The van der Waals surface area contributed by atoms with Crippen LogP contribution < -0.4 is 21.7 Å². The highest BCUT2D eigenvalue weighted by Crippen LogP contribution is 2.65. The zero-order chi connectivity index (χ0) is 35.9. The molecule has 0 aromatic heterocycles. The molecule has 3 aliphatic rings. The molecule has 5 amide bonds. The fourth-order valence-electron chi connectivity index (χ4n) is 6.89. The first-order chi connectivity index (χ1) is 22.2. The Kier molecular flexibility index (Phi) is 10.7. The van der Waals surface area contributed by atoms with E-state index in [1.165, 1.54) is 28.4 Å². The Bertz CT molecular complexity index is 1520. The maximum Gasteiger partial charge on any atom is 0.315 e. The fraction of sp³-hybridized carbons (Fsp3) is 0.676. The van der Waals surface area contributed by atoms with Crippen molar-refractivity contribution < 1.29 is 32.4 Å². The fourth-order valence-corrected chi connectivity index (χ4v) is 8.10. The summed E-state index contributed by atoms with van der Waals surface area (Å²) in [6, 6.07) is 3.81. The lowest BCUT2D eigenvalue weighted by atomic mass is 9.85. The molecule has 0 bridgehead atoms.